The largest absolute Gasteiger partial charge is 0.349 e. The van der Waals surface area contributed by atoms with Crippen LogP contribution in [0.25, 0.3) is 0 Å². The average Bonchev–Trinajstić information content (AvgIpc) is 2.71. The molecule has 1 aromatic carbocycles. The maximum Gasteiger partial charge on any atom is 0.107 e. The second-order valence-electron chi connectivity index (χ2n) is 3.23. The molecular weight excluding hydrogens is 275 g/mol. The zero-order valence-corrected chi connectivity index (χ0v) is 10.3. The molecule has 1 aromatic heterocycles. The number of H-pyrrole nitrogens is 1. The van der Waals surface area contributed by atoms with Crippen LogP contribution in [0.5, 0.6) is 0 Å². The van der Waals surface area contributed by atoms with Crippen LogP contribution in [-0.4, -0.2) is 9.97 Å². The van der Waals surface area contributed by atoms with Crippen molar-refractivity contribution in [2.24, 2.45) is 0 Å². The maximum atomic E-state index is 6.31. The lowest BCUT2D eigenvalue weighted by Crippen LogP contribution is -1.98. The molecule has 2 aromatic rings. The fourth-order valence-electron chi connectivity index (χ4n) is 1.42. The zero-order chi connectivity index (χ0) is 10.7. The van der Waals surface area contributed by atoms with Crippen molar-refractivity contribution in [3.05, 3.63) is 52.5 Å². The van der Waals surface area contributed by atoms with E-state index in [4.69, 9.17) is 11.6 Å². The number of aromatic nitrogens is 2. The molecule has 0 saturated carbocycles. The number of rotatable bonds is 3. The standard InChI is InChI=1S/C11H10BrClN2/c12-9-4-2-1-3-8(9)10(13)7-11-14-5-6-15-11/h1-6,10H,7H2,(H,14,15). The van der Waals surface area contributed by atoms with E-state index in [1.165, 1.54) is 0 Å². The first kappa shape index (κ1) is 10.7. The number of aromatic amines is 1. The molecule has 0 spiro atoms. The second kappa shape index (κ2) is 4.81. The van der Waals surface area contributed by atoms with Crippen LogP contribution in [0.4, 0.5) is 0 Å². The normalized spacial score (nSPS) is 12.7. The second-order valence-corrected chi connectivity index (χ2v) is 4.61. The topological polar surface area (TPSA) is 28.7 Å². The molecule has 0 fully saturated rings. The van der Waals surface area contributed by atoms with Gasteiger partial charge in [0, 0.05) is 23.3 Å². The Hall–Kier alpha value is -0.800. The Labute approximate surface area is 102 Å². The van der Waals surface area contributed by atoms with E-state index in [0.29, 0.717) is 6.42 Å². The molecule has 78 valence electrons. The van der Waals surface area contributed by atoms with E-state index < -0.39 is 0 Å². The summed E-state index contributed by atoms with van der Waals surface area (Å²) >= 11 is 9.80. The van der Waals surface area contributed by atoms with Crippen molar-refractivity contribution >= 4 is 27.5 Å². The van der Waals surface area contributed by atoms with Gasteiger partial charge in [-0.05, 0) is 11.6 Å². The Balaban J connectivity index is 2.15. The van der Waals surface area contributed by atoms with Crippen molar-refractivity contribution in [1.29, 1.82) is 0 Å². The Morgan fingerprint density at radius 3 is 2.87 bits per heavy atom. The van der Waals surface area contributed by atoms with Crippen molar-refractivity contribution in [1.82, 2.24) is 9.97 Å². The number of nitrogens with zero attached hydrogens (tertiary/aromatic N) is 1. The third-order valence-corrected chi connectivity index (χ3v) is 3.28. The predicted octanol–water partition coefficient (Wildman–Crippen LogP) is 3.69. The first-order valence-electron chi connectivity index (χ1n) is 4.64. The summed E-state index contributed by atoms with van der Waals surface area (Å²) in [5, 5.41) is -0.0632. The monoisotopic (exact) mass is 284 g/mol. The number of halogens is 2. The van der Waals surface area contributed by atoms with Gasteiger partial charge in [-0.2, -0.15) is 0 Å². The molecule has 0 aliphatic carbocycles. The van der Waals surface area contributed by atoms with E-state index in [0.717, 1.165) is 15.9 Å². The molecule has 0 saturated heterocycles. The molecule has 1 atom stereocenters. The van der Waals surface area contributed by atoms with E-state index in [-0.39, 0.29) is 5.38 Å². The van der Waals surface area contributed by atoms with Crippen LogP contribution < -0.4 is 0 Å². The Morgan fingerprint density at radius 1 is 1.40 bits per heavy atom. The molecule has 0 radical (unpaired) electrons. The minimum Gasteiger partial charge on any atom is -0.349 e. The van der Waals surface area contributed by atoms with Gasteiger partial charge in [0.25, 0.3) is 0 Å². The van der Waals surface area contributed by atoms with Crippen LogP contribution in [0.15, 0.2) is 41.1 Å². The van der Waals surface area contributed by atoms with E-state index in [1.54, 1.807) is 12.4 Å². The summed E-state index contributed by atoms with van der Waals surface area (Å²) in [6.07, 6.45) is 4.25. The van der Waals surface area contributed by atoms with Gasteiger partial charge in [-0.3, -0.25) is 0 Å². The minimum atomic E-state index is -0.0632. The molecular formula is C11H10BrClN2. The molecule has 1 unspecified atom stereocenters. The molecule has 2 nitrogen and oxygen atoms in total. The summed E-state index contributed by atoms with van der Waals surface area (Å²) in [6, 6.07) is 7.97. The van der Waals surface area contributed by atoms with Crippen molar-refractivity contribution in [2.45, 2.75) is 11.8 Å². The minimum absolute atomic E-state index is 0.0632. The molecule has 0 bridgehead atoms. The summed E-state index contributed by atoms with van der Waals surface area (Å²) in [7, 11) is 0. The van der Waals surface area contributed by atoms with E-state index >= 15 is 0 Å². The number of imidazole rings is 1. The number of hydrogen-bond acceptors (Lipinski definition) is 1. The number of benzene rings is 1. The molecule has 2 rings (SSSR count). The van der Waals surface area contributed by atoms with E-state index in [2.05, 4.69) is 25.9 Å². The lowest BCUT2D eigenvalue weighted by Gasteiger charge is -2.09. The molecule has 4 heteroatoms. The highest BCUT2D eigenvalue weighted by molar-refractivity contribution is 9.10. The van der Waals surface area contributed by atoms with Crippen molar-refractivity contribution < 1.29 is 0 Å². The van der Waals surface area contributed by atoms with Gasteiger partial charge in [-0.1, -0.05) is 34.1 Å². The number of hydrogen-bond donors (Lipinski definition) is 1. The first-order chi connectivity index (χ1) is 7.27. The highest BCUT2D eigenvalue weighted by Gasteiger charge is 2.12. The van der Waals surface area contributed by atoms with Gasteiger partial charge in [0.1, 0.15) is 5.82 Å². The third-order valence-electron chi connectivity index (χ3n) is 2.17. The Bertz CT molecular complexity index is 428. The van der Waals surface area contributed by atoms with E-state index in [9.17, 15) is 0 Å². The van der Waals surface area contributed by atoms with Crippen LogP contribution in [0.3, 0.4) is 0 Å². The van der Waals surface area contributed by atoms with Crippen molar-refractivity contribution in [2.75, 3.05) is 0 Å². The zero-order valence-electron chi connectivity index (χ0n) is 7.95. The van der Waals surface area contributed by atoms with Gasteiger partial charge in [-0.25, -0.2) is 4.98 Å². The maximum absolute atomic E-state index is 6.31. The van der Waals surface area contributed by atoms with Crippen LogP contribution in [0.2, 0.25) is 0 Å². The number of alkyl halides is 1. The summed E-state index contributed by atoms with van der Waals surface area (Å²) in [4.78, 5) is 7.20. The first-order valence-corrected chi connectivity index (χ1v) is 5.87. The van der Waals surface area contributed by atoms with Crippen LogP contribution in [0, 0.1) is 0 Å². The summed E-state index contributed by atoms with van der Waals surface area (Å²) in [5.74, 6) is 0.908. The van der Waals surface area contributed by atoms with Gasteiger partial charge in [0.2, 0.25) is 0 Å². The third kappa shape index (κ3) is 2.61. The average molecular weight is 286 g/mol. The highest BCUT2D eigenvalue weighted by atomic mass is 79.9. The van der Waals surface area contributed by atoms with Crippen LogP contribution >= 0.6 is 27.5 Å². The summed E-state index contributed by atoms with van der Waals surface area (Å²) in [6.45, 7) is 0. The van der Waals surface area contributed by atoms with E-state index in [1.807, 2.05) is 24.3 Å². The molecule has 15 heavy (non-hydrogen) atoms. The lowest BCUT2D eigenvalue weighted by molar-refractivity contribution is 0.851. The highest BCUT2D eigenvalue weighted by Crippen LogP contribution is 2.29. The SMILES string of the molecule is ClC(Cc1ncc[nH]1)c1ccccc1Br. The van der Waals surface area contributed by atoms with Crippen LogP contribution in [0.1, 0.15) is 16.8 Å². The van der Waals surface area contributed by atoms with Crippen LogP contribution in [-0.2, 0) is 6.42 Å². The Kier molecular flexibility index (Phi) is 3.44. The quantitative estimate of drug-likeness (QED) is 0.856. The smallest absolute Gasteiger partial charge is 0.107 e. The Morgan fingerprint density at radius 2 is 2.20 bits per heavy atom. The van der Waals surface area contributed by atoms with Gasteiger partial charge in [0.05, 0.1) is 5.38 Å². The fourth-order valence-corrected chi connectivity index (χ4v) is 2.45. The van der Waals surface area contributed by atoms with Gasteiger partial charge in [0.15, 0.2) is 0 Å². The van der Waals surface area contributed by atoms with Gasteiger partial charge < -0.3 is 4.98 Å². The van der Waals surface area contributed by atoms with Gasteiger partial charge >= 0.3 is 0 Å². The summed E-state index contributed by atoms with van der Waals surface area (Å²) in [5.41, 5.74) is 1.09. The molecule has 0 aliphatic rings. The number of nitrogens with one attached hydrogen (secondary N) is 1. The summed E-state index contributed by atoms with van der Waals surface area (Å²) < 4.78 is 1.04. The molecule has 1 N–H and O–H groups in total. The predicted molar refractivity (Wildman–Crippen MR) is 65.0 cm³/mol. The fraction of sp³-hybridized carbons (Fsp3) is 0.182. The molecule has 0 amide bonds. The van der Waals surface area contributed by atoms with Gasteiger partial charge in [-0.15, -0.1) is 11.6 Å². The lowest BCUT2D eigenvalue weighted by atomic mass is 10.1. The van der Waals surface area contributed by atoms with Crippen molar-refractivity contribution in [3.63, 3.8) is 0 Å². The van der Waals surface area contributed by atoms with Crippen molar-refractivity contribution in [3.8, 4) is 0 Å². The molecule has 1 heterocycles. The molecule has 0 aliphatic heterocycles.